The summed E-state index contributed by atoms with van der Waals surface area (Å²) in [6.07, 6.45) is 1.60. The van der Waals surface area contributed by atoms with E-state index in [1.165, 1.54) is 0 Å². The second kappa shape index (κ2) is 7.30. The van der Waals surface area contributed by atoms with E-state index in [4.69, 9.17) is 28.6 Å². The molecule has 0 atom stereocenters. The number of ether oxygens (including phenoxy) is 1. The molecule has 5 nitrogen and oxygen atoms in total. The Kier molecular flexibility index (Phi) is 4.95. The Bertz CT molecular complexity index is 828. The van der Waals surface area contributed by atoms with Crippen LogP contribution in [0.1, 0.15) is 11.1 Å². The van der Waals surface area contributed by atoms with Gasteiger partial charge < -0.3 is 10.2 Å². The third kappa shape index (κ3) is 4.34. The Morgan fingerprint density at radius 1 is 1.17 bits per heavy atom. The van der Waals surface area contributed by atoms with E-state index in [1.807, 2.05) is 48.5 Å². The average Bonchev–Trinajstić information content (AvgIpc) is 2.97. The molecule has 0 saturated heterocycles. The van der Waals surface area contributed by atoms with Crippen molar-refractivity contribution in [3.63, 3.8) is 0 Å². The molecule has 3 rings (SSSR count). The van der Waals surface area contributed by atoms with E-state index >= 15 is 0 Å². The van der Waals surface area contributed by atoms with Crippen LogP contribution >= 0.6 is 23.8 Å². The number of nitrogens with zero attached hydrogens (tertiary/aromatic N) is 2. The molecule has 0 spiro atoms. The molecule has 1 aromatic heterocycles. The normalized spacial score (nSPS) is 10.5. The molecule has 23 heavy (non-hydrogen) atoms. The predicted octanol–water partition coefficient (Wildman–Crippen LogP) is 3.92. The van der Waals surface area contributed by atoms with E-state index in [2.05, 4.69) is 15.6 Å². The van der Waals surface area contributed by atoms with Crippen LogP contribution in [0, 0.1) is 4.77 Å². The number of aromatic nitrogens is 3. The van der Waals surface area contributed by atoms with Crippen LogP contribution in [0.4, 0.5) is 0 Å². The number of hydrogen-bond donors (Lipinski definition) is 2. The summed E-state index contributed by atoms with van der Waals surface area (Å²) < 4.78 is 7.95. The van der Waals surface area contributed by atoms with Gasteiger partial charge in [-0.05, 0) is 47.6 Å². The van der Waals surface area contributed by atoms with Gasteiger partial charge in [0.25, 0.3) is 0 Å². The van der Waals surface area contributed by atoms with Crippen LogP contribution in [0.2, 0.25) is 5.02 Å². The fourth-order valence-corrected chi connectivity index (χ4v) is 2.41. The smallest absolute Gasteiger partial charge is 0.214 e. The second-order valence-corrected chi connectivity index (χ2v) is 5.75. The maximum atomic E-state index is 5.96. The van der Waals surface area contributed by atoms with Crippen molar-refractivity contribution < 1.29 is 4.74 Å². The fraction of sp³-hybridized carbons (Fsp3) is 0.125. The van der Waals surface area contributed by atoms with Gasteiger partial charge in [-0.2, -0.15) is 5.10 Å². The molecule has 118 valence electrons. The number of H-pyrrole nitrogens is 1. The lowest BCUT2D eigenvalue weighted by atomic mass is 10.2. The van der Waals surface area contributed by atoms with E-state index in [9.17, 15) is 0 Å². The van der Waals surface area contributed by atoms with Gasteiger partial charge in [-0.3, -0.25) is 5.10 Å². The number of nitrogens with one attached hydrogen (secondary N) is 2. The SMILES string of the molecule is S=c1[nH]ncn1NCc1ccc(OCc2cccc(Cl)c2)cc1. The van der Waals surface area contributed by atoms with Crippen molar-refractivity contribution in [1.82, 2.24) is 14.9 Å². The zero-order valence-corrected chi connectivity index (χ0v) is 13.8. The number of rotatable bonds is 6. The standard InChI is InChI=1S/C16H15ClN4OS/c17-14-3-1-2-13(8-14)10-22-15-6-4-12(5-7-15)9-19-21-11-18-20-16(21)23/h1-8,11,19H,9-10H2,(H,20,23). The monoisotopic (exact) mass is 346 g/mol. The number of halogens is 1. The van der Waals surface area contributed by atoms with Gasteiger partial charge in [-0.15, -0.1) is 0 Å². The van der Waals surface area contributed by atoms with Gasteiger partial charge in [0.05, 0.1) is 6.54 Å². The largest absolute Gasteiger partial charge is 0.489 e. The van der Waals surface area contributed by atoms with Gasteiger partial charge in [0.2, 0.25) is 4.77 Å². The van der Waals surface area contributed by atoms with E-state index < -0.39 is 0 Å². The van der Waals surface area contributed by atoms with E-state index in [1.54, 1.807) is 11.0 Å². The summed E-state index contributed by atoms with van der Waals surface area (Å²) in [6.45, 7) is 1.13. The van der Waals surface area contributed by atoms with Crippen molar-refractivity contribution in [2.45, 2.75) is 13.2 Å². The van der Waals surface area contributed by atoms with Gasteiger partial charge in [0.1, 0.15) is 18.7 Å². The topological polar surface area (TPSA) is 54.9 Å². The van der Waals surface area contributed by atoms with Crippen LogP contribution in [0.5, 0.6) is 5.75 Å². The maximum absolute atomic E-state index is 5.96. The maximum Gasteiger partial charge on any atom is 0.214 e. The summed E-state index contributed by atoms with van der Waals surface area (Å²) in [5, 5.41) is 7.25. The minimum atomic E-state index is 0.488. The van der Waals surface area contributed by atoms with Crippen LogP contribution in [-0.4, -0.2) is 14.9 Å². The first kappa shape index (κ1) is 15.6. The van der Waals surface area contributed by atoms with Crippen molar-refractivity contribution in [1.29, 1.82) is 0 Å². The first-order chi connectivity index (χ1) is 11.2. The van der Waals surface area contributed by atoms with Crippen LogP contribution in [0.3, 0.4) is 0 Å². The van der Waals surface area contributed by atoms with Crippen LogP contribution in [0.15, 0.2) is 54.9 Å². The lowest BCUT2D eigenvalue weighted by Gasteiger charge is -2.09. The molecule has 0 aliphatic rings. The van der Waals surface area contributed by atoms with Crippen molar-refractivity contribution in [3.8, 4) is 5.75 Å². The Morgan fingerprint density at radius 3 is 2.70 bits per heavy atom. The first-order valence-corrected chi connectivity index (χ1v) is 7.81. The van der Waals surface area contributed by atoms with Gasteiger partial charge in [0.15, 0.2) is 0 Å². The molecule has 0 unspecified atom stereocenters. The Labute approximate surface area is 143 Å². The van der Waals surface area contributed by atoms with Gasteiger partial charge in [0, 0.05) is 5.02 Å². The number of hydrogen-bond acceptors (Lipinski definition) is 4. The minimum absolute atomic E-state index is 0.488. The molecule has 0 aliphatic heterocycles. The van der Waals surface area contributed by atoms with Crippen molar-refractivity contribution >= 4 is 23.8 Å². The molecule has 3 aromatic rings. The predicted molar refractivity (Wildman–Crippen MR) is 92.7 cm³/mol. The summed E-state index contributed by atoms with van der Waals surface area (Å²) in [4.78, 5) is 0. The van der Waals surface area contributed by atoms with Crippen LogP contribution < -0.4 is 10.2 Å². The van der Waals surface area contributed by atoms with Crippen molar-refractivity contribution in [2.24, 2.45) is 0 Å². The molecule has 0 radical (unpaired) electrons. The minimum Gasteiger partial charge on any atom is -0.489 e. The molecule has 1 heterocycles. The number of benzene rings is 2. The highest BCUT2D eigenvalue weighted by Gasteiger charge is 1.99. The molecular weight excluding hydrogens is 332 g/mol. The first-order valence-electron chi connectivity index (χ1n) is 7.03. The highest BCUT2D eigenvalue weighted by molar-refractivity contribution is 7.71. The third-order valence-electron chi connectivity index (χ3n) is 3.22. The molecule has 0 saturated carbocycles. The number of aromatic amines is 1. The Hall–Kier alpha value is -2.31. The Morgan fingerprint density at radius 2 is 2.00 bits per heavy atom. The van der Waals surface area contributed by atoms with E-state index in [0.29, 0.717) is 22.9 Å². The zero-order chi connectivity index (χ0) is 16.1. The molecule has 7 heteroatoms. The summed E-state index contributed by atoms with van der Waals surface area (Å²) in [6, 6.07) is 15.5. The summed E-state index contributed by atoms with van der Waals surface area (Å²) in [7, 11) is 0. The summed E-state index contributed by atoms with van der Waals surface area (Å²) >= 11 is 11.0. The second-order valence-electron chi connectivity index (χ2n) is 4.93. The van der Waals surface area contributed by atoms with Crippen LogP contribution in [0.25, 0.3) is 0 Å². The van der Waals surface area contributed by atoms with E-state index in [-0.39, 0.29) is 0 Å². The lowest BCUT2D eigenvalue weighted by molar-refractivity contribution is 0.306. The molecule has 0 bridgehead atoms. The van der Waals surface area contributed by atoms with Crippen molar-refractivity contribution in [3.05, 3.63) is 75.8 Å². The summed E-state index contributed by atoms with van der Waals surface area (Å²) in [5.74, 6) is 0.814. The quantitative estimate of drug-likeness (QED) is 0.664. The van der Waals surface area contributed by atoms with Gasteiger partial charge in [-0.1, -0.05) is 35.9 Å². The average molecular weight is 347 g/mol. The fourth-order valence-electron chi connectivity index (χ4n) is 2.03. The highest BCUT2D eigenvalue weighted by Crippen LogP contribution is 2.16. The highest BCUT2D eigenvalue weighted by atomic mass is 35.5. The zero-order valence-electron chi connectivity index (χ0n) is 12.2. The van der Waals surface area contributed by atoms with Crippen LogP contribution in [-0.2, 0) is 13.2 Å². The molecule has 0 aliphatic carbocycles. The molecule has 2 aromatic carbocycles. The molecular formula is C16H15ClN4OS. The molecule has 2 N–H and O–H groups in total. The van der Waals surface area contributed by atoms with Gasteiger partial charge in [-0.25, -0.2) is 4.68 Å². The Balaban J connectivity index is 1.54. The van der Waals surface area contributed by atoms with Gasteiger partial charge >= 0.3 is 0 Å². The molecule has 0 fully saturated rings. The van der Waals surface area contributed by atoms with Crippen molar-refractivity contribution in [2.75, 3.05) is 5.43 Å². The summed E-state index contributed by atoms with van der Waals surface area (Å²) in [5.41, 5.74) is 5.31. The van der Waals surface area contributed by atoms with E-state index in [0.717, 1.165) is 16.9 Å². The third-order valence-corrected chi connectivity index (χ3v) is 3.75. The lowest BCUT2D eigenvalue weighted by Crippen LogP contribution is -2.13. The molecule has 0 amide bonds.